The predicted octanol–water partition coefficient (Wildman–Crippen LogP) is 5.74. The number of hydrogen-bond acceptors (Lipinski definition) is 2. The van der Waals surface area contributed by atoms with E-state index in [4.69, 9.17) is 23.2 Å². The first-order valence-electron chi connectivity index (χ1n) is 6.10. The predicted molar refractivity (Wildman–Crippen MR) is 87.3 cm³/mol. The lowest BCUT2D eigenvalue weighted by molar-refractivity contribution is 0.695. The summed E-state index contributed by atoms with van der Waals surface area (Å²) in [6, 6.07) is 8.72. The lowest BCUT2D eigenvalue weighted by atomic mass is 10.2. The van der Waals surface area contributed by atoms with Gasteiger partial charge in [0.25, 0.3) is 0 Å². The molecule has 0 saturated heterocycles. The maximum absolute atomic E-state index is 6.29. The molecule has 0 unspecified atom stereocenters. The second-order valence-electron chi connectivity index (χ2n) is 4.67. The van der Waals surface area contributed by atoms with Gasteiger partial charge in [0.1, 0.15) is 0 Å². The van der Waals surface area contributed by atoms with Crippen LogP contribution in [0.2, 0.25) is 10.0 Å². The fourth-order valence-corrected chi connectivity index (χ4v) is 4.47. The van der Waals surface area contributed by atoms with Gasteiger partial charge >= 0.3 is 0 Å². The van der Waals surface area contributed by atoms with Crippen LogP contribution >= 0.6 is 50.5 Å². The van der Waals surface area contributed by atoms with Crippen LogP contribution < -0.4 is 5.32 Å². The topological polar surface area (TPSA) is 12.0 Å². The van der Waals surface area contributed by atoms with Crippen LogP contribution in [0, 0.1) is 0 Å². The Morgan fingerprint density at radius 1 is 1.21 bits per heavy atom. The molecule has 0 atom stereocenters. The molecule has 100 valence electrons. The quantitative estimate of drug-likeness (QED) is 0.717. The van der Waals surface area contributed by atoms with E-state index in [1.807, 2.05) is 12.1 Å². The zero-order chi connectivity index (χ0) is 13.4. The van der Waals surface area contributed by atoms with Crippen LogP contribution in [-0.2, 0) is 6.54 Å². The molecule has 1 saturated carbocycles. The molecular formula is C14H12BrCl2NS. The van der Waals surface area contributed by atoms with Crippen molar-refractivity contribution in [3.8, 4) is 10.4 Å². The van der Waals surface area contributed by atoms with Crippen LogP contribution in [0.1, 0.15) is 17.7 Å². The van der Waals surface area contributed by atoms with Crippen molar-refractivity contribution in [3.63, 3.8) is 0 Å². The van der Waals surface area contributed by atoms with Gasteiger partial charge in [-0.05, 0) is 37.1 Å². The standard InChI is InChI=1S/C14H12BrCl2NS/c15-8-5-11(16)14(12(17)6-8)13-4-3-10(19-13)7-18-9-1-2-9/h3-6,9,18H,1-2,7H2. The largest absolute Gasteiger partial charge is 0.309 e. The Hall–Kier alpha value is -0.0600. The number of rotatable bonds is 4. The molecule has 1 nitrogen and oxygen atoms in total. The number of thiophene rings is 1. The number of nitrogens with one attached hydrogen (secondary N) is 1. The van der Waals surface area contributed by atoms with Crippen LogP contribution in [0.4, 0.5) is 0 Å². The van der Waals surface area contributed by atoms with E-state index in [2.05, 4.69) is 33.4 Å². The minimum absolute atomic E-state index is 0.683. The van der Waals surface area contributed by atoms with Crippen LogP contribution in [0.15, 0.2) is 28.7 Å². The molecule has 2 aromatic rings. The average molecular weight is 377 g/mol. The molecule has 1 aliphatic carbocycles. The molecule has 0 radical (unpaired) electrons. The highest BCUT2D eigenvalue weighted by molar-refractivity contribution is 9.10. The van der Waals surface area contributed by atoms with E-state index in [1.165, 1.54) is 17.7 Å². The molecule has 1 heterocycles. The molecule has 3 rings (SSSR count). The van der Waals surface area contributed by atoms with E-state index in [-0.39, 0.29) is 0 Å². The summed E-state index contributed by atoms with van der Waals surface area (Å²) < 4.78 is 0.901. The van der Waals surface area contributed by atoms with Gasteiger partial charge in [-0.3, -0.25) is 0 Å². The molecule has 1 N–H and O–H groups in total. The van der Waals surface area contributed by atoms with Crippen LogP contribution in [0.5, 0.6) is 0 Å². The zero-order valence-electron chi connectivity index (χ0n) is 10.1. The molecule has 5 heteroatoms. The van der Waals surface area contributed by atoms with E-state index in [0.717, 1.165) is 27.5 Å². The number of hydrogen-bond donors (Lipinski definition) is 1. The molecule has 0 aliphatic heterocycles. The molecule has 1 aromatic carbocycles. The van der Waals surface area contributed by atoms with Gasteiger partial charge < -0.3 is 5.32 Å². The Kier molecular flexibility index (Phi) is 4.20. The van der Waals surface area contributed by atoms with Gasteiger partial charge in [0.05, 0.1) is 10.0 Å². The second kappa shape index (κ2) is 5.74. The highest BCUT2D eigenvalue weighted by Gasteiger charge is 2.20. The average Bonchev–Trinajstić information content (AvgIpc) is 3.05. The van der Waals surface area contributed by atoms with Crippen molar-refractivity contribution < 1.29 is 0 Å². The van der Waals surface area contributed by atoms with Crippen molar-refractivity contribution in [2.24, 2.45) is 0 Å². The third-order valence-corrected chi connectivity index (χ3v) is 5.21. The molecular weight excluding hydrogens is 365 g/mol. The summed E-state index contributed by atoms with van der Waals surface area (Å²) in [5.41, 5.74) is 0.925. The minimum Gasteiger partial charge on any atom is -0.309 e. The Balaban J connectivity index is 1.85. The monoisotopic (exact) mass is 375 g/mol. The molecule has 19 heavy (non-hydrogen) atoms. The number of halogens is 3. The molecule has 0 bridgehead atoms. The van der Waals surface area contributed by atoms with Gasteiger partial charge in [0.15, 0.2) is 0 Å². The van der Waals surface area contributed by atoms with Gasteiger partial charge in [0, 0.05) is 32.4 Å². The fraction of sp³-hybridized carbons (Fsp3) is 0.286. The minimum atomic E-state index is 0.683. The van der Waals surface area contributed by atoms with Crippen molar-refractivity contribution in [1.82, 2.24) is 5.32 Å². The first-order valence-corrected chi connectivity index (χ1v) is 8.47. The number of benzene rings is 1. The third kappa shape index (κ3) is 3.34. The van der Waals surface area contributed by atoms with Crippen molar-refractivity contribution in [1.29, 1.82) is 0 Å². The van der Waals surface area contributed by atoms with Crippen LogP contribution in [0.25, 0.3) is 10.4 Å². The van der Waals surface area contributed by atoms with Crippen molar-refractivity contribution in [3.05, 3.63) is 43.7 Å². The molecule has 1 fully saturated rings. The summed E-state index contributed by atoms with van der Waals surface area (Å²) in [5.74, 6) is 0. The summed E-state index contributed by atoms with van der Waals surface area (Å²) in [7, 11) is 0. The lowest BCUT2D eigenvalue weighted by Crippen LogP contribution is -2.14. The van der Waals surface area contributed by atoms with Gasteiger partial charge in [0.2, 0.25) is 0 Å². The molecule has 1 aromatic heterocycles. The summed E-state index contributed by atoms with van der Waals surface area (Å²) >= 11 is 17.7. The van der Waals surface area contributed by atoms with Gasteiger partial charge in [-0.2, -0.15) is 0 Å². The maximum Gasteiger partial charge on any atom is 0.0518 e. The summed E-state index contributed by atoms with van der Waals surface area (Å²) in [4.78, 5) is 2.44. The van der Waals surface area contributed by atoms with Crippen molar-refractivity contribution in [2.75, 3.05) is 0 Å². The van der Waals surface area contributed by atoms with E-state index in [0.29, 0.717) is 10.0 Å². The van der Waals surface area contributed by atoms with Crippen molar-refractivity contribution >= 4 is 50.5 Å². The van der Waals surface area contributed by atoms with Crippen molar-refractivity contribution in [2.45, 2.75) is 25.4 Å². The van der Waals surface area contributed by atoms with Crippen LogP contribution in [0.3, 0.4) is 0 Å². The Labute approximate surface area is 135 Å². The van der Waals surface area contributed by atoms with E-state index >= 15 is 0 Å². The van der Waals surface area contributed by atoms with E-state index in [9.17, 15) is 0 Å². The Bertz CT molecular complexity index is 584. The third-order valence-electron chi connectivity index (χ3n) is 3.06. The highest BCUT2D eigenvalue weighted by Crippen LogP contribution is 2.40. The summed E-state index contributed by atoms with van der Waals surface area (Å²) in [6.07, 6.45) is 2.62. The molecule has 0 amide bonds. The van der Waals surface area contributed by atoms with Gasteiger partial charge in [-0.25, -0.2) is 0 Å². The first-order chi connectivity index (χ1) is 9.13. The normalized spacial score (nSPS) is 14.9. The smallest absolute Gasteiger partial charge is 0.0518 e. The fourth-order valence-electron chi connectivity index (χ4n) is 1.92. The van der Waals surface area contributed by atoms with Crippen LogP contribution in [-0.4, -0.2) is 6.04 Å². The first kappa shape index (κ1) is 13.9. The second-order valence-corrected chi connectivity index (χ2v) is 7.56. The summed E-state index contributed by atoms with van der Waals surface area (Å²) in [6.45, 7) is 0.932. The van der Waals surface area contributed by atoms with E-state index in [1.54, 1.807) is 11.3 Å². The maximum atomic E-state index is 6.29. The Morgan fingerprint density at radius 2 is 1.89 bits per heavy atom. The van der Waals surface area contributed by atoms with Gasteiger partial charge in [-0.1, -0.05) is 39.1 Å². The molecule has 0 spiro atoms. The lowest BCUT2D eigenvalue weighted by Gasteiger charge is -2.05. The Morgan fingerprint density at radius 3 is 2.53 bits per heavy atom. The van der Waals surface area contributed by atoms with Gasteiger partial charge in [-0.15, -0.1) is 11.3 Å². The zero-order valence-corrected chi connectivity index (χ0v) is 14.0. The highest BCUT2D eigenvalue weighted by atomic mass is 79.9. The van der Waals surface area contributed by atoms with E-state index < -0.39 is 0 Å². The molecule has 1 aliphatic rings. The summed E-state index contributed by atoms with van der Waals surface area (Å²) in [5, 5.41) is 4.88. The SMILES string of the molecule is Clc1cc(Br)cc(Cl)c1-c1ccc(CNC2CC2)s1.